The number of imidazole rings is 3. The van der Waals surface area contributed by atoms with Gasteiger partial charge >= 0.3 is 23.9 Å². The van der Waals surface area contributed by atoms with E-state index in [0.29, 0.717) is 53.7 Å². The predicted octanol–water partition coefficient (Wildman–Crippen LogP) is 10.0. The Morgan fingerprint density at radius 2 is 0.918 bits per heavy atom. The zero-order chi connectivity index (χ0) is 61.8. The summed E-state index contributed by atoms with van der Waals surface area (Å²) in [7, 11) is 10.3. The van der Waals surface area contributed by atoms with Gasteiger partial charge in [0.1, 0.15) is 20.6 Å². The number of aromatic nitrogens is 9. The van der Waals surface area contributed by atoms with Crippen molar-refractivity contribution in [1.29, 1.82) is 0 Å². The summed E-state index contributed by atoms with van der Waals surface area (Å²) in [6.45, 7) is 0. The van der Waals surface area contributed by atoms with Gasteiger partial charge in [0, 0.05) is 75.0 Å². The van der Waals surface area contributed by atoms with Crippen molar-refractivity contribution in [3.8, 4) is 11.3 Å². The summed E-state index contributed by atoms with van der Waals surface area (Å²) < 4.78 is 20.5. The molecule has 0 saturated carbocycles. The normalized spacial score (nSPS) is 10.5. The minimum absolute atomic E-state index is 0.00815. The van der Waals surface area contributed by atoms with Crippen LogP contribution < -0.4 is 20.4 Å². The first-order valence-electron chi connectivity index (χ1n) is 24.4. The van der Waals surface area contributed by atoms with Gasteiger partial charge in [-0.3, -0.25) is 27.6 Å². The van der Waals surface area contributed by atoms with Crippen LogP contribution in [0.1, 0.15) is 72.9 Å². The zero-order valence-electron chi connectivity index (χ0n) is 45.5. The first kappa shape index (κ1) is 63.2. The highest BCUT2D eigenvalue weighted by molar-refractivity contribution is 9.10. The first-order valence-corrected chi connectivity index (χ1v) is 27.1. The van der Waals surface area contributed by atoms with E-state index in [-0.39, 0.29) is 50.1 Å². The molecule has 0 atom stereocenters. The average Bonchev–Trinajstić information content (AvgIpc) is 4.46. The molecule has 0 unspecified atom stereocenters. The number of benzene rings is 4. The maximum atomic E-state index is 13.2. The zero-order valence-corrected chi connectivity index (χ0v) is 51.0. The molecule has 4 aromatic carbocycles. The first-order chi connectivity index (χ1) is 40.6. The molecule has 85 heavy (non-hydrogen) atoms. The van der Waals surface area contributed by atoms with Gasteiger partial charge in [0.2, 0.25) is 0 Å². The maximum Gasteiger partial charge on any atom is 0.356 e. The SMILES string of the molecule is CNC(=O)c1ccc(-c2cnc3cnc(C(=O)N(C)c4ccc(Cl)c(C(=O)OC)c4)cn23)cc1.CNc1ccc(Cl)c(C(=O)OC)c1.COC(=O)c1cc(N(C)C(=O)c2cn3c(Br)cnc3cn2)ccc1Cl.O=C(O)c1cn2c(Br)cnc2cn1. The number of carbonyl (C=O) groups excluding carboxylic acids is 6. The van der Waals surface area contributed by atoms with E-state index in [2.05, 4.69) is 77.1 Å². The van der Waals surface area contributed by atoms with Crippen LogP contribution in [-0.2, 0) is 14.2 Å². The molecule has 0 aliphatic carbocycles. The molecule has 3 N–H and O–H groups in total. The van der Waals surface area contributed by atoms with Crippen molar-refractivity contribution in [3.05, 3.63) is 198 Å². The number of methoxy groups -OCH3 is 3. The Bertz CT molecular complexity index is 4200. The van der Waals surface area contributed by atoms with Crippen molar-refractivity contribution in [2.45, 2.75) is 0 Å². The molecular formula is C56H46Br2Cl3N13O11. The fourth-order valence-corrected chi connectivity index (χ4v) is 8.95. The van der Waals surface area contributed by atoms with Crippen molar-refractivity contribution < 1.29 is 52.9 Å². The molecule has 3 amide bonds. The van der Waals surface area contributed by atoms with Crippen molar-refractivity contribution in [2.75, 3.05) is 64.6 Å². The second kappa shape index (κ2) is 28.3. The van der Waals surface area contributed by atoms with E-state index >= 15 is 0 Å². The Hall–Kier alpha value is -9.34. The summed E-state index contributed by atoms with van der Waals surface area (Å²) in [4.78, 5) is 110. The third kappa shape index (κ3) is 14.7. The number of nitrogens with zero attached hydrogens (tertiary/aromatic N) is 11. The Balaban J connectivity index is 0.000000176. The smallest absolute Gasteiger partial charge is 0.356 e. The van der Waals surface area contributed by atoms with Crippen LogP contribution in [-0.4, -0.2) is 139 Å². The van der Waals surface area contributed by atoms with E-state index < -0.39 is 29.8 Å². The quantitative estimate of drug-likeness (QED) is 0.0801. The maximum absolute atomic E-state index is 13.2. The summed E-state index contributed by atoms with van der Waals surface area (Å²) in [5.74, 6) is -3.57. The largest absolute Gasteiger partial charge is 0.476 e. The van der Waals surface area contributed by atoms with Crippen LogP contribution in [0.25, 0.3) is 28.2 Å². The van der Waals surface area contributed by atoms with E-state index in [0.717, 1.165) is 16.9 Å². The molecule has 436 valence electrons. The standard InChI is InChI=1S/C24H20ClN5O4.C16H12BrClN4O3.C9H10ClNO2.C7H4BrN3O2/c1-26-22(31)15-6-4-14(5-7-15)20-11-28-21-12-27-19(13-30(20)21)23(32)29(2)16-8-9-18(25)17(10-16)24(33)34-3;1-21(9-3-4-11(18)10(5-9)16(24)25-2)15(23)12-8-22-13(17)6-20-14(22)7-19-12;1-11-6-3-4-8(10)7(5-6)9(12)13-2;8-5-1-10-6-2-9-4(7(12)13)3-11(5)6/h4-13H,1-3H3,(H,26,31);3-8H,1-2H3;3-5,11H,1-2H3;1-3H,(H,12,13). The topological polar surface area (TPSA) is 289 Å². The Morgan fingerprint density at radius 3 is 1.35 bits per heavy atom. The van der Waals surface area contributed by atoms with E-state index in [4.69, 9.17) is 49.4 Å². The summed E-state index contributed by atoms with van der Waals surface area (Å²) in [5, 5.41) is 15.0. The molecule has 0 spiro atoms. The number of nitrogens with one attached hydrogen (secondary N) is 2. The molecule has 10 aromatic rings. The summed E-state index contributed by atoms with van der Waals surface area (Å²) in [6, 6.07) is 21.5. The van der Waals surface area contributed by atoms with E-state index in [9.17, 15) is 33.6 Å². The van der Waals surface area contributed by atoms with E-state index in [1.54, 1.807) is 115 Å². The summed E-state index contributed by atoms with van der Waals surface area (Å²) in [6.07, 6.45) is 13.9. The lowest BCUT2D eigenvalue weighted by molar-refractivity contribution is 0.0592. The predicted molar refractivity (Wildman–Crippen MR) is 324 cm³/mol. The highest BCUT2D eigenvalue weighted by Gasteiger charge is 2.22. The number of ether oxygens (including phenoxy) is 3. The van der Waals surface area contributed by atoms with Crippen LogP contribution in [0.3, 0.4) is 0 Å². The molecule has 0 bridgehead atoms. The number of carbonyl (C=O) groups is 7. The lowest BCUT2D eigenvalue weighted by atomic mass is 10.1. The number of aromatic carboxylic acids is 1. The molecule has 0 aliphatic heterocycles. The molecular weight excluding hydrogens is 1300 g/mol. The molecule has 0 radical (unpaired) electrons. The number of carboxylic acids is 1. The lowest BCUT2D eigenvalue weighted by Gasteiger charge is -2.18. The van der Waals surface area contributed by atoms with E-state index in [1.165, 1.54) is 80.2 Å². The van der Waals surface area contributed by atoms with Crippen LogP contribution in [0, 0.1) is 0 Å². The Labute approximate surface area is 514 Å². The molecule has 0 fully saturated rings. The van der Waals surface area contributed by atoms with E-state index in [1.807, 2.05) is 12.1 Å². The number of halogens is 5. The lowest BCUT2D eigenvalue weighted by Crippen LogP contribution is -2.27. The Morgan fingerprint density at radius 1 is 0.518 bits per heavy atom. The second-order valence-electron chi connectivity index (χ2n) is 17.2. The number of anilines is 3. The number of rotatable bonds is 11. The fourth-order valence-electron chi connectivity index (χ4n) is 7.59. The van der Waals surface area contributed by atoms with Crippen molar-refractivity contribution in [3.63, 3.8) is 0 Å². The van der Waals surface area contributed by atoms with Crippen LogP contribution >= 0.6 is 66.7 Å². The monoisotopic (exact) mass is 1340 g/mol. The molecule has 24 nitrogen and oxygen atoms in total. The van der Waals surface area contributed by atoms with Gasteiger partial charge in [-0.1, -0.05) is 46.9 Å². The third-order valence-electron chi connectivity index (χ3n) is 12.2. The minimum Gasteiger partial charge on any atom is -0.476 e. The molecule has 0 saturated heterocycles. The molecule has 6 aromatic heterocycles. The number of hydrogen-bond acceptors (Lipinski definition) is 17. The van der Waals surface area contributed by atoms with Crippen molar-refractivity contribution >= 4 is 142 Å². The second-order valence-corrected chi connectivity index (χ2v) is 20.1. The number of fused-ring (bicyclic) bond motifs is 3. The van der Waals surface area contributed by atoms with Crippen LogP contribution in [0.4, 0.5) is 17.1 Å². The third-order valence-corrected chi connectivity index (χ3v) is 14.3. The van der Waals surface area contributed by atoms with Crippen LogP contribution in [0.15, 0.2) is 144 Å². The highest BCUT2D eigenvalue weighted by atomic mass is 79.9. The van der Waals surface area contributed by atoms with Gasteiger partial charge in [0.05, 0.1) is 96.0 Å². The molecule has 29 heteroatoms. The number of hydrogen-bond donors (Lipinski definition) is 3. The summed E-state index contributed by atoms with van der Waals surface area (Å²) >= 11 is 24.5. The van der Waals surface area contributed by atoms with Gasteiger partial charge in [-0.2, -0.15) is 0 Å². The van der Waals surface area contributed by atoms with Crippen molar-refractivity contribution in [2.24, 2.45) is 0 Å². The minimum atomic E-state index is -1.05. The van der Waals surface area contributed by atoms with Crippen molar-refractivity contribution in [1.82, 2.24) is 48.4 Å². The van der Waals surface area contributed by atoms with Crippen LogP contribution in [0.5, 0.6) is 0 Å². The molecule has 6 heterocycles. The highest BCUT2D eigenvalue weighted by Crippen LogP contribution is 2.28. The fraction of sp³-hybridized carbons (Fsp3) is 0.125. The van der Waals surface area contributed by atoms with Gasteiger partial charge < -0.3 is 39.8 Å². The van der Waals surface area contributed by atoms with Gasteiger partial charge in [-0.05, 0) is 98.6 Å². The van der Waals surface area contributed by atoms with Crippen LogP contribution in [0.2, 0.25) is 15.1 Å². The number of carboxylic acid groups (broad SMARTS) is 1. The van der Waals surface area contributed by atoms with Gasteiger partial charge in [-0.15, -0.1) is 0 Å². The van der Waals surface area contributed by atoms with Gasteiger partial charge in [0.25, 0.3) is 17.7 Å². The number of amides is 3. The van der Waals surface area contributed by atoms with Gasteiger partial charge in [-0.25, -0.2) is 49.1 Å². The summed E-state index contributed by atoms with van der Waals surface area (Å²) in [5.41, 5.74) is 6.73. The molecule has 0 aliphatic rings. The average molecular weight is 1340 g/mol. The Kier molecular flexibility index (Phi) is 21.1. The van der Waals surface area contributed by atoms with Gasteiger partial charge in [0.15, 0.2) is 22.6 Å². The number of esters is 3. The molecule has 10 rings (SSSR count).